The minimum Gasteiger partial charge on any atom is -0.493 e. The zero-order chi connectivity index (χ0) is 23.7. The number of imidazole rings is 1. The summed E-state index contributed by atoms with van der Waals surface area (Å²) in [6.45, 7) is 7.03. The summed E-state index contributed by atoms with van der Waals surface area (Å²) in [5.74, 6) is 2.72. The summed E-state index contributed by atoms with van der Waals surface area (Å²) in [4.78, 5) is 31.9. The van der Waals surface area contributed by atoms with Gasteiger partial charge >= 0.3 is 11.6 Å². The van der Waals surface area contributed by atoms with Gasteiger partial charge in [0, 0.05) is 26.4 Å². The van der Waals surface area contributed by atoms with Crippen molar-refractivity contribution in [3.63, 3.8) is 0 Å². The smallest absolute Gasteiger partial charge is 0.359 e. The van der Waals surface area contributed by atoms with E-state index in [9.17, 15) is 9.59 Å². The van der Waals surface area contributed by atoms with Gasteiger partial charge < -0.3 is 9.47 Å². The standard InChI is InChI=1S/C24H33N5O4/c1-16(2)9-14-29-22(30)20-21(26(3)24(29)31)25-23-27(11-6-12-28(20)23)13-10-17-7-8-18(32-4)19(15-17)33-5/h7-8,15-16H,6,9-14H2,1-5H3/p+1. The second-order valence-electron chi connectivity index (χ2n) is 9.06. The molecule has 33 heavy (non-hydrogen) atoms. The van der Waals surface area contributed by atoms with Crippen LogP contribution in [0.4, 0.5) is 5.95 Å². The average Bonchev–Trinajstić information content (AvgIpc) is 3.21. The number of hydrogen-bond acceptors (Lipinski definition) is 5. The van der Waals surface area contributed by atoms with E-state index in [1.54, 1.807) is 25.8 Å². The van der Waals surface area contributed by atoms with E-state index in [2.05, 4.69) is 23.7 Å². The monoisotopic (exact) mass is 456 g/mol. The number of anilines is 1. The van der Waals surface area contributed by atoms with E-state index in [0.717, 1.165) is 50.4 Å². The van der Waals surface area contributed by atoms with Crippen LogP contribution in [0.15, 0.2) is 27.8 Å². The van der Waals surface area contributed by atoms with Crippen LogP contribution >= 0.6 is 0 Å². The van der Waals surface area contributed by atoms with Gasteiger partial charge in [0.1, 0.15) is 0 Å². The molecule has 9 nitrogen and oxygen atoms in total. The molecule has 0 spiro atoms. The Morgan fingerprint density at radius 1 is 1.12 bits per heavy atom. The number of H-pyrrole nitrogens is 1. The Kier molecular flexibility index (Phi) is 6.49. The molecule has 9 heteroatoms. The lowest BCUT2D eigenvalue weighted by molar-refractivity contribution is -0.663. The van der Waals surface area contributed by atoms with Gasteiger partial charge in [0.2, 0.25) is 11.2 Å². The molecule has 0 saturated carbocycles. The first-order chi connectivity index (χ1) is 15.8. The lowest BCUT2D eigenvalue weighted by atomic mass is 10.1. The van der Waals surface area contributed by atoms with Crippen molar-refractivity contribution in [2.45, 2.75) is 46.2 Å². The van der Waals surface area contributed by atoms with Crippen LogP contribution in [0.1, 0.15) is 32.3 Å². The fourth-order valence-corrected chi connectivity index (χ4v) is 4.51. The summed E-state index contributed by atoms with van der Waals surface area (Å²) in [6, 6.07) is 5.96. The quantitative estimate of drug-likeness (QED) is 0.523. The average molecular weight is 457 g/mol. The minimum absolute atomic E-state index is 0.210. The first kappa shape index (κ1) is 22.9. The normalized spacial score (nSPS) is 13.6. The van der Waals surface area contributed by atoms with Crippen molar-refractivity contribution in [1.29, 1.82) is 0 Å². The van der Waals surface area contributed by atoms with E-state index in [1.807, 2.05) is 22.8 Å². The third-order valence-corrected chi connectivity index (χ3v) is 6.44. The largest absolute Gasteiger partial charge is 0.493 e. The van der Waals surface area contributed by atoms with Crippen molar-refractivity contribution < 1.29 is 14.0 Å². The molecule has 0 aliphatic carbocycles. The van der Waals surface area contributed by atoms with Crippen molar-refractivity contribution in [2.75, 3.05) is 32.2 Å². The summed E-state index contributed by atoms with van der Waals surface area (Å²) in [7, 11) is 4.99. The minimum atomic E-state index is -0.274. The van der Waals surface area contributed by atoms with Crippen molar-refractivity contribution in [1.82, 2.24) is 14.1 Å². The summed E-state index contributed by atoms with van der Waals surface area (Å²) in [6.07, 6.45) is 2.54. The van der Waals surface area contributed by atoms with E-state index >= 15 is 0 Å². The fourth-order valence-electron chi connectivity index (χ4n) is 4.51. The highest BCUT2D eigenvalue weighted by molar-refractivity contribution is 5.68. The first-order valence-corrected chi connectivity index (χ1v) is 11.6. The third-order valence-electron chi connectivity index (χ3n) is 6.44. The molecule has 3 heterocycles. The number of nitrogens with zero attached hydrogens (tertiary/aromatic N) is 4. The Bertz CT molecular complexity index is 1270. The van der Waals surface area contributed by atoms with Gasteiger partial charge in [-0.25, -0.2) is 14.3 Å². The molecule has 0 bridgehead atoms. The number of methoxy groups -OCH3 is 2. The lowest BCUT2D eigenvalue weighted by Gasteiger charge is -2.22. The van der Waals surface area contributed by atoms with Crippen molar-refractivity contribution in [3.05, 3.63) is 44.6 Å². The van der Waals surface area contributed by atoms with Crippen LogP contribution in [0.2, 0.25) is 0 Å². The molecule has 0 atom stereocenters. The number of aromatic amines is 1. The van der Waals surface area contributed by atoms with Gasteiger partial charge in [-0.1, -0.05) is 19.9 Å². The van der Waals surface area contributed by atoms with Gasteiger partial charge in [-0.2, -0.15) is 0 Å². The van der Waals surface area contributed by atoms with Gasteiger partial charge in [-0.15, -0.1) is 0 Å². The summed E-state index contributed by atoms with van der Waals surface area (Å²) in [5, 5.41) is 0. The van der Waals surface area contributed by atoms with E-state index < -0.39 is 0 Å². The lowest BCUT2D eigenvalue weighted by Crippen LogP contribution is -2.51. The van der Waals surface area contributed by atoms with Crippen LogP contribution in [0.25, 0.3) is 11.2 Å². The fraction of sp³-hybridized carbons (Fsp3) is 0.542. The molecule has 178 valence electrons. The molecule has 1 aromatic carbocycles. The van der Waals surface area contributed by atoms with Gasteiger partial charge in [-0.05, 0) is 30.0 Å². The van der Waals surface area contributed by atoms with Gasteiger partial charge in [0.05, 0.1) is 33.9 Å². The third kappa shape index (κ3) is 4.24. The van der Waals surface area contributed by atoms with Crippen molar-refractivity contribution in [2.24, 2.45) is 13.0 Å². The van der Waals surface area contributed by atoms with E-state index in [4.69, 9.17) is 9.47 Å². The molecular formula is C24H34N5O4+. The molecule has 1 aliphatic rings. The van der Waals surface area contributed by atoms with Crippen LogP contribution in [-0.2, 0) is 26.6 Å². The van der Waals surface area contributed by atoms with E-state index in [1.165, 1.54) is 4.57 Å². The number of nitrogens with one attached hydrogen (secondary N) is 1. The molecule has 1 N–H and O–H groups in total. The van der Waals surface area contributed by atoms with E-state index in [-0.39, 0.29) is 11.2 Å². The molecule has 0 saturated heterocycles. The van der Waals surface area contributed by atoms with Crippen LogP contribution < -0.4 is 30.2 Å². The summed E-state index contributed by atoms with van der Waals surface area (Å²) < 4.78 is 15.8. The Hall–Kier alpha value is -3.23. The summed E-state index contributed by atoms with van der Waals surface area (Å²) in [5.41, 5.74) is 1.82. The number of rotatable bonds is 8. The second kappa shape index (κ2) is 9.33. The van der Waals surface area contributed by atoms with Gasteiger partial charge in [-0.3, -0.25) is 18.8 Å². The molecule has 0 unspecified atom stereocenters. The first-order valence-electron chi connectivity index (χ1n) is 11.6. The zero-order valence-electron chi connectivity index (χ0n) is 20.2. The number of fused-ring (bicyclic) bond motifs is 3. The maximum absolute atomic E-state index is 13.3. The molecule has 0 fully saturated rings. The molecule has 0 amide bonds. The van der Waals surface area contributed by atoms with E-state index in [0.29, 0.717) is 35.1 Å². The zero-order valence-corrected chi connectivity index (χ0v) is 20.2. The van der Waals surface area contributed by atoms with Crippen LogP contribution in [0.3, 0.4) is 0 Å². The SMILES string of the molecule is COc1ccc(CCN2CCC[n+]3c2[nH]c2c3c(=O)n(CCC(C)C)c(=O)n2C)cc1OC. The highest BCUT2D eigenvalue weighted by atomic mass is 16.5. The molecule has 0 radical (unpaired) electrons. The van der Waals surface area contributed by atoms with Crippen molar-refractivity contribution in [3.8, 4) is 11.5 Å². The van der Waals surface area contributed by atoms with Crippen LogP contribution in [-0.4, -0.2) is 41.4 Å². The molecular weight excluding hydrogens is 422 g/mol. The Balaban J connectivity index is 1.67. The molecule has 3 aromatic rings. The predicted octanol–water partition coefficient (Wildman–Crippen LogP) is 1.83. The molecule has 4 rings (SSSR count). The summed E-state index contributed by atoms with van der Waals surface area (Å²) >= 11 is 0. The number of ether oxygens (including phenoxy) is 2. The van der Waals surface area contributed by atoms with Crippen molar-refractivity contribution >= 4 is 17.1 Å². The number of benzene rings is 1. The van der Waals surface area contributed by atoms with Crippen LogP contribution in [0, 0.1) is 5.92 Å². The molecule has 1 aliphatic heterocycles. The highest BCUT2D eigenvalue weighted by Crippen LogP contribution is 2.28. The maximum Gasteiger partial charge on any atom is 0.359 e. The maximum atomic E-state index is 13.3. The Morgan fingerprint density at radius 2 is 1.88 bits per heavy atom. The van der Waals surface area contributed by atoms with Gasteiger partial charge in [0.15, 0.2) is 11.5 Å². The second-order valence-corrected chi connectivity index (χ2v) is 9.06. The predicted molar refractivity (Wildman–Crippen MR) is 128 cm³/mol. The molecule has 2 aromatic heterocycles. The number of hydrogen-bond donors (Lipinski definition) is 1. The highest BCUT2D eigenvalue weighted by Gasteiger charge is 2.32. The Morgan fingerprint density at radius 3 is 2.58 bits per heavy atom. The topological polar surface area (TPSA) is 85.4 Å². The van der Waals surface area contributed by atoms with Crippen LogP contribution in [0.5, 0.6) is 11.5 Å². The van der Waals surface area contributed by atoms with Gasteiger partial charge in [0.25, 0.3) is 5.56 Å². The Labute approximate surface area is 193 Å². The number of aryl methyl sites for hydroxylation is 2. The number of aromatic nitrogens is 4.